The van der Waals surface area contributed by atoms with E-state index in [1.165, 1.54) is 7.11 Å². The maximum atomic E-state index is 10.6. The van der Waals surface area contributed by atoms with E-state index in [9.17, 15) is 4.79 Å². The lowest BCUT2D eigenvalue weighted by Crippen LogP contribution is -2.00. The Balaban J connectivity index is 4.21. The van der Waals surface area contributed by atoms with Crippen molar-refractivity contribution in [3.63, 3.8) is 0 Å². The van der Waals surface area contributed by atoms with Crippen molar-refractivity contribution in [2.45, 2.75) is 13.8 Å². The summed E-state index contributed by atoms with van der Waals surface area (Å²) in [7, 11) is 1.35. The van der Waals surface area contributed by atoms with Gasteiger partial charge in [0.2, 0.25) is 0 Å². The average Bonchev–Trinajstić information content (AvgIpc) is 1.84. The number of esters is 1. The molecular weight excluding hydrogens is 184 g/mol. The van der Waals surface area contributed by atoms with E-state index in [0.717, 1.165) is 5.57 Å². The molecule has 9 heavy (non-hydrogen) atoms. The molecule has 0 saturated carbocycles. The highest BCUT2D eigenvalue weighted by Gasteiger charge is 2.05. The molecule has 0 bridgehead atoms. The van der Waals surface area contributed by atoms with Gasteiger partial charge in [0.05, 0.1) is 7.11 Å². The molecule has 0 amide bonds. The molecule has 0 aromatic rings. The van der Waals surface area contributed by atoms with Crippen LogP contribution in [0.1, 0.15) is 13.8 Å². The molecule has 0 aliphatic heterocycles. The summed E-state index contributed by atoms with van der Waals surface area (Å²) in [5.74, 6) is -0.324. The number of halogens is 1. The van der Waals surface area contributed by atoms with Crippen LogP contribution in [-0.4, -0.2) is 13.1 Å². The van der Waals surface area contributed by atoms with Crippen LogP contribution in [0, 0.1) is 0 Å². The van der Waals surface area contributed by atoms with Crippen molar-refractivity contribution in [2.24, 2.45) is 0 Å². The minimum Gasteiger partial charge on any atom is -0.465 e. The predicted octanol–water partition coefficient (Wildman–Crippen LogP) is 1.85. The second-order valence-electron chi connectivity index (χ2n) is 1.81. The van der Waals surface area contributed by atoms with E-state index in [2.05, 4.69) is 20.7 Å². The number of hydrogen-bond donors (Lipinski definition) is 0. The Bertz CT molecular complexity index is 145. The smallest absolute Gasteiger partial charge is 0.344 e. The first-order valence-electron chi connectivity index (χ1n) is 2.51. The standard InChI is InChI=1S/C6H9BrO2/c1-4(2)5(7)6(8)9-3/h1-3H3. The summed E-state index contributed by atoms with van der Waals surface area (Å²) in [6.07, 6.45) is 0. The first-order chi connectivity index (χ1) is 4.09. The van der Waals surface area contributed by atoms with Crippen LogP contribution in [-0.2, 0) is 9.53 Å². The lowest BCUT2D eigenvalue weighted by molar-refractivity contribution is -0.135. The summed E-state index contributed by atoms with van der Waals surface area (Å²) in [5, 5.41) is 0. The normalized spacial score (nSPS) is 8.44. The lowest BCUT2D eigenvalue weighted by atomic mass is 10.3. The molecule has 0 spiro atoms. The summed E-state index contributed by atoms with van der Waals surface area (Å²) in [5.41, 5.74) is 0.918. The molecule has 0 radical (unpaired) electrons. The monoisotopic (exact) mass is 192 g/mol. The SMILES string of the molecule is COC(=O)C(Br)=C(C)C. The molecule has 0 atom stereocenters. The van der Waals surface area contributed by atoms with Crippen LogP contribution < -0.4 is 0 Å². The Morgan fingerprint density at radius 1 is 1.44 bits per heavy atom. The molecule has 0 aliphatic rings. The summed E-state index contributed by atoms with van der Waals surface area (Å²) in [6, 6.07) is 0. The fourth-order valence-corrected chi connectivity index (χ4v) is 0.456. The second-order valence-corrected chi connectivity index (χ2v) is 2.60. The van der Waals surface area contributed by atoms with E-state index < -0.39 is 0 Å². The average molecular weight is 193 g/mol. The fraction of sp³-hybridized carbons (Fsp3) is 0.500. The van der Waals surface area contributed by atoms with E-state index in [1.54, 1.807) is 0 Å². The van der Waals surface area contributed by atoms with E-state index >= 15 is 0 Å². The predicted molar refractivity (Wildman–Crippen MR) is 39.3 cm³/mol. The molecule has 0 aromatic heterocycles. The van der Waals surface area contributed by atoms with Crippen molar-refractivity contribution in [2.75, 3.05) is 7.11 Å². The molecule has 52 valence electrons. The number of allylic oxidation sites excluding steroid dienone is 1. The Morgan fingerprint density at radius 2 is 1.89 bits per heavy atom. The molecule has 2 nitrogen and oxygen atoms in total. The maximum Gasteiger partial charge on any atom is 0.344 e. The van der Waals surface area contributed by atoms with Crippen molar-refractivity contribution in [3.05, 3.63) is 10.1 Å². The summed E-state index contributed by atoms with van der Waals surface area (Å²) < 4.78 is 4.93. The van der Waals surface area contributed by atoms with Gasteiger partial charge in [0.1, 0.15) is 4.48 Å². The van der Waals surface area contributed by atoms with Crippen LogP contribution >= 0.6 is 15.9 Å². The van der Waals surface area contributed by atoms with E-state index in [4.69, 9.17) is 0 Å². The maximum absolute atomic E-state index is 10.6. The number of rotatable bonds is 1. The Hall–Kier alpha value is -0.310. The van der Waals surface area contributed by atoms with Crippen LogP contribution in [0.2, 0.25) is 0 Å². The molecule has 3 heteroatoms. The largest absolute Gasteiger partial charge is 0.465 e. The zero-order chi connectivity index (χ0) is 7.44. The van der Waals surface area contributed by atoms with Crippen LogP contribution in [0.4, 0.5) is 0 Å². The van der Waals surface area contributed by atoms with Crippen LogP contribution in [0.25, 0.3) is 0 Å². The van der Waals surface area contributed by atoms with Crippen molar-refractivity contribution >= 4 is 21.9 Å². The molecular formula is C6H9BrO2. The van der Waals surface area contributed by atoms with Gasteiger partial charge in [-0.25, -0.2) is 4.79 Å². The highest BCUT2D eigenvalue weighted by Crippen LogP contribution is 2.11. The van der Waals surface area contributed by atoms with Gasteiger partial charge < -0.3 is 4.74 Å². The highest BCUT2D eigenvalue weighted by atomic mass is 79.9. The molecule has 0 unspecified atom stereocenters. The van der Waals surface area contributed by atoms with Gasteiger partial charge in [-0.2, -0.15) is 0 Å². The third-order valence-corrected chi connectivity index (χ3v) is 1.92. The topological polar surface area (TPSA) is 26.3 Å². The second kappa shape index (κ2) is 3.67. The minimum atomic E-state index is -0.324. The van der Waals surface area contributed by atoms with Crippen LogP contribution in [0.5, 0.6) is 0 Å². The minimum absolute atomic E-state index is 0.324. The fourth-order valence-electron chi connectivity index (χ4n) is 0.294. The van der Waals surface area contributed by atoms with Gasteiger partial charge in [0.15, 0.2) is 0 Å². The van der Waals surface area contributed by atoms with Crippen LogP contribution in [0.3, 0.4) is 0 Å². The van der Waals surface area contributed by atoms with Gasteiger partial charge in [0, 0.05) is 0 Å². The van der Waals surface area contributed by atoms with Crippen molar-refractivity contribution in [3.8, 4) is 0 Å². The van der Waals surface area contributed by atoms with Gasteiger partial charge >= 0.3 is 5.97 Å². The van der Waals surface area contributed by atoms with E-state index in [0.29, 0.717) is 4.48 Å². The molecule has 0 rings (SSSR count). The zero-order valence-electron chi connectivity index (χ0n) is 5.69. The summed E-state index contributed by atoms with van der Waals surface area (Å²) >= 11 is 3.07. The molecule has 0 N–H and O–H groups in total. The first-order valence-corrected chi connectivity index (χ1v) is 3.30. The van der Waals surface area contributed by atoms with Gasteiger partial charge in [-0.15, -0.1) is 0 Å². The van der Waals surface area contributed by atoms with Crippen LogP contribution in [0.15, 0.2) is 10.1 Å². The number of carbonyl (C=O) groups is 1. The summed E-state index contributed by atoms with van der Waals surface area (Å²) in [6.45, 7) is 3.67. The molecule has 0 fully saturated rings. The number of methoxy groups -OCH3 is 1. The van der Waals surface area contributed by atoms with Gasteiger partial charge in [-0.05, 0) is 29.8 Å². The molecule has 0 saturated heterocycles. The van der Waals surface area contributed by atoms with E-state index in [-0.39, 0.29) is 5.97 Å². The lowest BCUT2D eigenvalue weighted by Gasteiger charge is -1.96. The summed E-state index contributed by atoms with van der Waals surface area (Å²) in [4.78, 5) is 10.6. The van der Waals surface area contributed by atoms with Gasteiger partial charge in [-0.1, -0.05) is 5.57 Å². The number of carbonyl (C=O) groups excluding carboxylic acids is 1. The quantitative estimate of drug-likeness (QED) is 0.469. The highest BCUT2D eigenvalue weighted by molar-refractivity contribution is 9.12. The van der Waals surface area contributed by atoms with Gasteiger partial charge in [-0.3, -0.25) is 0 Å². The Labute approximate surface area is 63.0 Å². The van der Waals surface area contributed by atoms with E-state index in [1.807, 2.05) is 13.8 Å². The van der Waals surface area contributed by atoms with Crippen molar-refractivity contribution in [1.29, 1.82) is 0 Å². The van der Waals surface area contributed by atoms with Crippen molar-refractivity contribution < 1.29 is 9.53 Å². The van der Waals surface area contributed by atoms with Gasteiger partial charge in [0.25, 0.3) is 0 Å². The molecule has 0 aromatic carbocycles. The zero-order valence-corrected chi connectivity index (χ0v) is 7.28. The third-order valence-electron chi connectivity index (χ3n) is 0.804. The molecule has 0 aliphatic carbocycles. The van der Waals surface area contributed by atoms with Crippen molar-refractivity contribution in [1.82, 2.24) is 0 Å². The first kappa shape index (κ1) is 8.69. The number of ether oxygens (including phenoxy) is 1. The molecule has 0 heterocycles. The third kappa shape index (κ3) is 2.65. The number of hydrogen-bond acceptors (Lipinski definition) is 2. The Morgan fingerprint density at radius 3 is 2.00 bits per heavy atom. The Kier molecular flexibility index (Phi) is 3.54.